The number of piperidine rings is 1. The lowest BCUT2D eigenvalue weighted by Crippen LogP contribution is -2.50. The molecule has 4 heterocycles. The molecule has 0 unspecified atom stereocenters. The van der Waals surface area contributed by atoms with Gasteiger partial charge < -0.3 is 30.5 Å². The van der Waals surface area contributed by atoms with E-state index in [1.807, 2.05) is 6.07 Å². The van der Waals surface area contributed by atoms with E-state index < -0.39 is 6.10 Å². The summed E-state index contributed by atoms with van der Waals surface area (Å²) in [6.07, 6.45) is 5.64. The van der Waals surface area contributed by atoms with E-state index in [0.29, 0.717) is 35.9 Å². The van der Waals surface area contributed by atoms with Gasteiger partial charge in [0.2, 0.25) is 0 Å². The number of aliphatic hydroxyl groups is 1. The number of amides is 1. The van der Waals surface area contributed by atoms with Crippen LogP contribution in [0.4, 0.5) is 21.7 Å². The molecule has 12 heteroatoms. The van der Waals surface area contributed by atoms with Crippen molar-refractivity contribution >= 4 is 28.9 Å². The second-order valence-electron chi connectivity index (χ2n) is 9.32. The Morgan fingerprint density at radius 2 is 2.06 bits per heavy atom. The van der Waals surface area contributed by atoms with Crippen molar-refractivity contribution in [3.63, 3.8) is 0 Å². The van der Waals surface area contributed by atoms with Crippen LogP contribution in [0.25, 0.3) is 5.65 Å². The third-order valence-electron chi connectivity index (χ3n) is 7.12. The second-order valence-corrected chi connectivity index (χ2v) is 9.32. The molecule has 1 saturated carbocycles. The Hall–Kier alpha value is -3.51. The number of aliphatic hydroxyl groups excluding tert-OH is 1. The summed E-state index contributed by atoms with van der Waals surface area (Å²) in [5, 5.41) is 23.1. The fourth-order valence-electron chi connectivity index (χ4n) is 4.83. The number of nitrogens with one attached hydrogen (secondary N) is 3. The summed E-state index contributed by atoms with van der Waals surface area (Å²) in [6, 6.07) is 5.00. The molecule has 2 fully saturated rings. The summed E-state index contributed by atoms with van der Waals surface area (Å²) in [5.41, 5.74) is 0.803. The zero-order chi connectivity index (χ0) is 25.2. The number of hydrogen-bond acceptors (Lipinski definition) is 8. The van der Waals surface area contributed by atoms with Crippen molar-refractivity contribution in [3.05, 3.63) is 46.5 Å². The fourth-order valence-corrected chi connectivity index (χ4v) is 4.83. The maximum atomic E-state index is 13.3. The zero-order valence-corrected chi connectivity index (χ0v) is 20.2. The summed E-state index contributed by atoms with van der Waals surface area (Å²) in [7, 11) is 1.73. The molecule has 1 aliphatic carbocycles. The predicted molar refractivity (Wildman–Crippen MR) is 134 cm³/mol. The fraction of sp³-hybridized carbons (Fsp3) is 0.500. The van der Waals surface area contributed by atoms with Crippen molar-refractivity contribution in [2.24, 2.45) is 0 Å². The smallest absolute Gasteiger partial charge is 0.274 e. The standard InChI is InChI=1S/C24H31FN8O3/c1-26-21-13-20(30-22-16(14-27-33(21)22)23(35)29-17-4-5-19(17)34)28-18-3-2-9-32(24(18)36)15-6-10-31(11-7-15)12-8-25/h2-3,9,13-15,17,19,26,34H,4-8,10-12H2,1H3,(H,28,30)(H,29,35)/t17-,19+/m1/s1. The largest absolute Gasteiger partial charge is 0.391 e. The number of anilines is 3. The van der Waals surface area contributed by atoms with E-state index in [0.717, 1.165) is 32.4 Å². The van der Waals surface area contributed by atoms with E-state index in [4.69, 9.17) is 0 Å². The molecular weight excluding hydrogens is 467 g/mol. The Kier molecular flexibility index (Phi) is 6.88. The minimum absolute atomic E-state index is 0.0467. The summed E-state index contributed by atoms with van der Waals surface area (Å²) >= 11 is 0. The Balaban J connectivity index is 1.40. The number of rotatable bonds is 8. The Bertz CT molecular complexity index is 1300. The molecule has 1 aliphatic heterocycles. The average Bonchev–Trinajstić information content (AvgIpc) is 3.32. The molecular formula is C24H31FN8O3. The van der Waals surface area contributed by atoms with E-state index >= 15 is 0 Å². The van der Waals surface area contributed by atoms with Gasteiger partial charge in [0.1, 0.15) is 29.6 Å². The normalized spacial score (nSPS) is 20.8. The Labute approximate surface area is 207 Å². The van der Waals surface area contributed by atoms with Crippen molar-refractivity contribution < 1.29 is 14.3 Å². The van der Waals surface area contributed by atoms with E-state index in [2.05, 4.69) is 30.9 Å². The lowest BCUT2D eigenvalue weighted by molar-refractivity contribution is 0.0448. The summed E-state index contributed by atoms with van der Waals surface area (Å²) in [5.74, 6) is 0.612. The number of fused-ring (bicyclic) bond motifs is 1. The molecule has 2 aliphatic rings. The first-order chi connectivity index (χ1) is 17.5. The molecule has 11 nitrogen and oxygen atoms in total. The number of alkyl halides is 1. The molecule has 0 radical (unpaired) electrons. The van der Waals surface area contributed by atoms with Gasteiger partial charge in [0, 0.05) is 45.0 Å². The molecule has 36 heavy (non-hydrogen) atoms. The Morgan fingerprint density at radius 3 is 2.72 bits per heavy atom. The lowest BCUT2D eigenvalue weighted by Gasteiger charge is -2.32. The maximum absolute atomic E-state index is 13.3. The lowest BCUT2D eigenvalue weighted by atomic mass is 9.89. The molecule has 3 aromatic rings. The first kappa shape index (κ1) is 24.2. The van der Waals surface area contributed by atoms with Gasteiger partial charge in [-0.15, -0.1) is 0 Å². The first-order valence-corrected chi connectivity index (χ1v) is 12.3. The van der Waals surface area contributed by atoms with Crippen LogP contribution in [0.3, 0.4) is 0 Å². The highest BCUT2D eigenvalue weighted by Crippen LogP contribution is 2.24. The van der Waals surface area contributed by atoms with E-state index in [9.17, 15) is 19.1 Å². The van der Waals surface area contributed by atoms with Crippen LogP contribution in [0.2, 0.25) is 0 Å². The van der Waals surface area contributed by atoms with Gasteiger partial charge in [0.15, 0.2) is 5.65 Å². The van der Waals surface area contributed by atoms with Crippen LogP contribution in [0.1, 0.15) is 42.1 Å². The van der Waals surface area contributed by atoms with Crippen LogP contribution < -0.4 is 21.5 Å². The van der Waals surface area contributed by atoms with E-state index in [1.54, 1.807) is 29.9 Å². The number of carbonyl (C=O) groups excluding carboxylic acids is 1. The van der Waals surface area contributed by atoms with Crippen molar-refractivity contribution in [1.82, 2.24) is 29.4 Å². The SMILES string of the molecule is CNc1cc(Nc2cccn(C3CCN(CCF)CC3)c2=O)nc2c(C(=O)N[C@@H]3CC[C@@H]3O)cnn12. The average molecular weight is 499 g/mol. The van der Waals surface area contributed by atoms with Crippen LogP contribution in [0, 0.1) is 0 Å². The molecule has 0 spiro atoms. The highest BCUT2D eigenvalue weighted by molar-refractivity contribution is 6.00. The van der Waals surface area contributed by atoms with Crippen molar-refractivity contribution in [2.75, 3.05) is 44.0 Å². The predicted octanol–water partition coefficient (Wildman–Crippen LogP) is 1.54. The van der Waals surface area contributed by atoms with Crippen LogP contribution in [0.5, 0.6) is 0 Å². The van der Waals surface area contributed by atoms with E-state index in [-0.39, 0.29) is 35.8 Å². The quantitative estimate of drug-likeness (QED) is 0.368. The monoisotopic (exact) mass is 498 g/mol. The van der Waals surface area contributed by atoms with Gasteiger partial charge in [-0.25, -0.2) is 9.37 Å². The van der Waals surface area contributed by atoms with Gasteiger partial charge in [0.05, 0.1) is 18.3 Å². The van der Waals surface area contributed by atoms with E-state index in [1.165, 1.54) is 10.7 Å². The second kappa shape index (κ2) is 10.2. The van der Waals surface area contributed by atoms with Crippen LogP contribution >= 0.6 is 0 Å². The van der Waals surface area contributed by atoms with Crippen LogP contribution in [0.15, 0.2) is 35.4 Å². The highest BCUT2D eigenvalue weighted by atomic mass is 19.1. The zero-order valence-electron chi connectivity index (χ0n) is 20.2. The number of pyridine rings is 1. The molecule has 0 aromatic carbocycles. The van der Waals surface area contributed by atoms with Gasteiger partial charge in [-0.3, -0.25) is 9.59 Å². The number of likely N-dealkylation sites (tertiary alicyclic amines) is 1. The third kappa shape index (κ3) is 4.65. The summed E-state index contributed by atoms with van der Waals surface area (Å²) in [6.45, 7) is 1.58. The van der Waals surface area contributed by atoms with Crippen molar-refractivity contribution in [2.45, 2.75) is 43.9 Å². The highest BCUT2D eigenvalue weighted by Gasteiger charge is 2.31. The maximum Gasteiger partial charge on any atom is 0.274 e. The molecule has 0 bridgehead atoms. The number of carbonyl (C=O) groups is 1. The summed E-state index contributed by atoms with van der Waals surface area (Å²) in [4.78, 5) is 32.8. The molecule has 1 saturated heterocycles. The molecule has 192 valence electrons. The minimum atomic E-state index is -0.537. The number of aromatic nitrogens is 4. The van der Waals surface area contributed by atoms with Gasteiger partial charge in [-0.1, -0.05) is 0 Å². The minimum Gasteiger partial charge on any atom is -0.391 e. The first-order valence-electron chi connectivity index (χ1n) is 12.3. The molecule has 4 N–H and O–H groups in total. The van der Waals surface area contributed by atoms with Gasteiger partial charge in [0.25, 0.3) is 11.5 Å². The van der Waals surface area contributed by atoms with Gasteiger partial charge in [-0.05, 0) is 37.8 Å². The molecule has 3 aromatic heterocycles. The van der Waals surface area contributed by atoms with Crippen molar-refractivity contribution in [3.8, 4) is 0 Å². The third-order valence-corrected chi connectivity index (χ3v) is 7.12. The molecule has 1 amide bonds. The topological polar surface area (TPSA) is 129 Å². The van der Waals surface area contributed by atoms with Crippen molar-refractivity contribution in [1.29, 1.82) is 0 Å². The molecule has 2 atom stereocenters. The van der Waals surface area contributed by atoms with Crippen LogP contribution in [-0.4, -0.2) is 80.6 Å². The van der Waals surface area contributed by atoms with Crippen LogP contribution in [-0.2, 0) is 0 Å². The number of nitrogens with zero attached hydrogens (tertiary/aromatic N) is 5. The Morgan fingerprint density at radius 1 is 1.25 bits per heavy atom. The van der Waals surface area contributed by atoms with Gasteiger partial charge in [-0.2, -0.15) is 9.61 Å². The summed E-state index contributed by atoms with van der Waals surface area (Å²) < 4.78 is 15.9. The molecule has 5 rings (SSSR count). The number of halogens is 1. The van der Waals surface area contributed by atoms with Gasteiger partial charge >= 0.3 is 0 Å². The number of hydrogen-bond donors (Lipinski definition) is 4.